The van der Waals surface area contributed by atoms with E-state index in [-0.39, 0.29) is 11.9 Å². The molecule has 0 saturated heterocycles. The number of hydrogen-bond acceptors (Lipinski definition) is 3. The van der Waals surface area contributed by atoms with Crippen molar-refractivity contribution in [1.82, 2.24) is 4.90 Å². The minimum atomic E-state index is 0.00386. The molecule has 102 valence electrons. The van der Waals surface area contributed by atoms with Gasteiger partial charge >= 0.3 is 0 Å². The molecule has 0 radical (unpaired) electrons. The van der Waals surface area contributed by atoms with Crippen LogP contribution in [0.2, 0.25) is 0 Å². The maximum absolute atomic E-state index is 12.5. The predicted octanol–water partition coefficient (Wildman–Crippen LogP) is 4.12. The van der Waals surface area contributed by atoms with E-state index in [2.05, 4.69) is 22.9 Å². The van der Waals surface area contributed by atoms with Crippen LogP contribution in [0, 0.1) is 0 Å². The van der Waals surface area contributed by atoms with Crippen LogP contribution in [0.5, 0.6) is 0 Å². The second-order valence-corrected chi connectivity index (χ2v) is 6.63. The molecule has 2 aromatic rings. The fourth-order valence-electron chi connectivity index (χ4n) is 1.88. The van der Waals surface area contributed by atoms with Crippen molar-refractivity contribution < 1.29 is 4.79 Å². The minimum absolute atomic E-state index is 0.00386. The number of amides is 1. The second-order valence-electron chi connectivity index (χ2n) is 4.66. The van der Waals surface area contributed by atoms with Gasteiger partial charge in [0.25, 0.3) is 5.91 Å². The lowest BCUT2D eigenvalue weighted by Gasteiger charge is -2.23. The summed E-state index contributed by atoms with van der Waals surface area (Å²) >= 11 is 4.89. The highest BCUT2D eigenvalue weighted by molar-refractivity contribution is 9.10. The fraction of sp³-hybridized carbons (Fsp3) is 0.357. The molecule has 3 nitrogen and oxygen atoms in total. The summed E-state index contributed by atoms with van der Waals surface area (Å²) in [5.41, 5.74) is 6.71. The molecular formula is C14H17BrN2OS. The van der Waals surface area contributed by atoms with E-state index in [0.717, 1.165) is 21.0 Å². The molecule has 0 fully saturated rings. The number of nitrogens with zero attached hydrogens (tertiary/aromatic N) is 1. The zero-order valence-corrected chi connectivity index (χ0v) is 13.6. The lowest BCUT2D eigenvalue weighted by Crippen LogP contribution is -2.34. The molecule has 0 aliphatic carbocycles. The van der Waals surface area contributed by atoms with Crippen LogP contribution < -0.4 is 5.73 Å². The first kappa shape index (κ1) is 14.3. The van der Waals surface area contributed by atoms with E-state index < -0.39 is 0 Å². The first-order chi connectivity index (χ1) is 8.95. The quantitative estimate of drug-likeness (QED) is 0.913. The minimum Gasteiger partial charge on any atom is -0.397 e. The summed E-state index contributed by atoms with van der Waals surface area (Å²) in [6.07, 6.45) is 0.929. The third kappa shape index (κ3) is 2.62. The van der Waals surface area contributed by atoms with Gasteiger partial charge in [0.2, 0.25) is 0 Å². The van der Waals surface area contributed by atoms with Crippen LogP contribution in [0.25, 0.3) is 10.1 Å². The van der Waals surface area contributed by atoms with E-state index in [0.29, 0.717) is 10.6 Å². The largest absolute Gasteiger partial charge is 0.397 e. The fourth-order valence-corrected chi connectivity index (χ4v) is 3.54. The molecule has 5 heteroatoms. The molecule has 1 heterocycles. The van der Waals surface area contributed by atoms with Crippen LogP contribution in [0.3, 0.4) is 0 Å². The van der Waals surface area contributed by atoms with Crippen LogP contribution in [-0.2, 0) is 0 Å². The average molecular weight is 341 g/mol. The van der Waals surface area contributed by atoms with E-state index in [1.165, 1.54) is 11.3 Å². The van der Waals surface area contributed by atoms with E-state index in [4.69, 9.17) is 5.73 Å². The topological polar surface area (TPSA) is 46.3 Å². The maximum Gasteiger partial charge on any atom is 0.266 e. The van der Waals surface area contributed by atoms with Crippen LogP contribution in [0.4, 0.5) is 5.69 Å². The summed E-state index contributed by atoms with van der Waals surface area (Å²) in [6, 6.07) is 6.10. The molecule has 0 aliphatic heterocycles. The molecule has 1 atom stereocenters. The van der Waals surface area contributed by atoms with Gasteiger partial charge in [0.05, 0.1) is 5.69 Å². The highest BCUT2D eigenvalue weighted by Crippen LogP contribution is 2.36. The third-order valence-electron chi connectivity index (χ3n) is 3.46. The van der Waals surface area contributed by atoms with Crippen LogP contribution in [-0.4, -0.2) is 23.9 Å². The lowest BCUT2D eigenvalue weighted by atomic mass is 10.2. The van der Waals surface area contributed by atoms with Gasteiger partial charge in [-0.05, 0) is 25.5 Å². The van der Waals surface area contributed by atoms with Gasteiger partial charge in [-0.3, -0.25) is 4.79 Å². The van der Waals surface area contributed by atoms with Crippen molar-refractivity contribution in [2.24, 2.45) is 0 Å². The van der Waals surface area contributed by atoms with Gasteiger partial charge in [-0.15, -0.1) is 11.3 Å². The van der Waals surface area contributed by atoms with Gasteiger partial charge in [-0.2, -0.15) is 0 Å². The molecule has 0 saturated carbocycles. The van der Waals surface area contributed by atoms with E-state index in [1.807, 2.05) is 32.2 Å². The summed E-state index contributed by atoms with van der Waals surface area (Å²) < 4.78 is 2.03. The summed E-state index contributed by atoms with van der Waals surface area (Å²) in [5.74, 6) is 0.00386. The van der Waals surface area contributed by atoms with Gasteiger partial charge in [0.15, 0.2) is 0 Å². The first-order valence-electron chi connectivity index (χ1n) is 6.20. The highest BCUT2D eigenvalue weighted by Gasteiger charge is 2.22. The zero-order chi connectivity index (χ0) is 14.2. The van der Waals surface area contributed by atoms with E-state index >= 15 is 0 Å². The molecule has 1 aromatic carbocycles. The Morgan fingerprint density at radius 1 is 1.53 bits per heavy atom. The number of nitrogen functional groups attached to an aromatic ring is 1. The number of rotatable bonds is 3. The second kappa shape index (κ2) is 5.51. The van der Waals surface area contributed by atoms with Gasteiger partial charge in [-0.25, -0.2) is 0 Å². The van der Waals surface area contributed by atoms with E-state index in [9.17, 15) is 4.79 Å². The molecular weight excluding hydrogens is 324 g/mol. The molecule has 0 spiro atoms. The maximum atomic E-state index is 12.5. The Bertz CT molecular complexity index is 623. The van der Waals surface area contributed by atoms with Crippen LogP contribution >= 0.6 is 27.3 Å². The van der Waals surface area contributed by atoms with Crippen LogP contribution in [0.15, 0.2) is 22.7 Å². The Hall–Kier alpha value is -1.07. The number of thiophene rings is 1. The van der Waals surface area contributed by atoms with E-state index in [1.54, 1.807) is 4.90 Å². The Kier molecular flexibility index (Phi) is 4.16. The molecule has 19 heavy (non-hydrogen) atoms. The first-order valence-corrected chi connectivity index (χ1v) is 7.81. The number of nitrogens with two attached hydrogens (primary N) is 1. The molecule has 0 bridgehead atoms. The Morgan fingerprint density at radius 2 is 2.21 bits per heavy atom. The van der Waals surface area contributed by atoms with Crippen molar-refractivity contribution in [2.75, 3.05) is 12.8 Å². The summed E-state index contributed by atoms with van der Waals surface area (Å²) in [4.78, 5) is 14.9. The van der Waals surface area contributed by atoms with Crippen molar-refractivity contribution in [3.05, 3.63) is 27.5 Å². The Labute approximate surface area is 125 Å². The predicted molar refractivity (Wildman–Crippen MR) is 85.8 cm³/mol. The number of hydrogen-bond donors (Lipinski definition) is 1. The third-order valence-corrected chi connectivity index (χ3v) is 5.11. The normalized spacial score (nSPS) is 12.6. The van der Waals surface area contributed by atoms with Crippen molar-refractivity contribution >= 4 is 48.9 Å². The van der Waals surface area contributed by atoms with Crippen molar-refractivity contribution in [3.63, 3.8) is 0 Å². The number of fused-ring (bicyclic) bond motifs is 1. The molecule has 2 rings (SSSR count). The number of carbonyl (C=O) groups is 1. The number of carbonyl (C=O) groups excluding carboxylic acids is 1. The van der Waals surface area contributed by atoms with Crippen molar-refractivity contribution in [3.8, 4) is 0 Å². The van der Waals surface area contributed by atoms with Crippen LogP contribution in [0.1, 0.15) is 29.9 Å². The zero-order valence-electron chi connectivity index (χ0n) is 11.2. The van der Waals surface area contributed by atoms with Gasteiger partial charge < -0.3 is 10.6 Å². The van der Waals surface area contributed by atoms with Gasteiger partial charge in [0, 0.05) is 27.6 Å². The Morgan fingerprint density at radius 3 is 2.84 bits per heavy atom. The van der Waals surface area contributed by atoms with Gasteiger partial charge in [-0.1, -0.05) is 28.9 Å². The summed E-state index contributed by atoms with van der Waals surface area (Å²) in [7, 11) is 1.83. The summed E-state index contributed by atoms with van der Waals surface area (Å²) in [5, 5.41) is 0.953. The highest BCUT2D eigenvalue weighted by atomic mass is 79.9. The van der Waals surface area contributed by atoms with Crippen molar-refractivity contribution in [2.45, 2.75) is 26.3 Å². The summed E-state index contributed by atoms with van der Waals surface area (Å²) in [6.45, 7) is 4.11. The SMILES string of the molecule is CCC(C)N(C)C(=O)c1sc2cc(Br)ccc2c1N. The molecule has 1 aromatic heterocycles. The lowest BCUT2D eigenvalue weighted by molar-refractivity contribution is 0.0746. The molecule has 2 N–H and O–H groups in total. The van der Waals surface area contributed by atoms with Gasteiger partial charge in [0.1, 0.15) is 4.88 Å². The Balaban J connectivity index is 2.45. The molecule has 0 aliphatic rings. The smallest absolute Gasteiger partial charge is 0.266 e. The standard InChI is InChI=1S/C14H17BrN2OS/c1-4-8(2)17(3)14(18)13-12(16)10-6-5-9(15)7-11(10)19-13/h5-8H,4,16H2,1-3H3. The molecule has 1 unspecified atom stereocenters. The molecule has 1 amide bonds. The average Bonchev–Trinajstić information content (AvgIpc) is 2.72. The van der Waals surface area contributed by atoms with Crippen molar-refractivity contribution in [1.29, 1.82) is 0 Å². The number of benzene rings is 1. The number of anilines is 1. The number of halogens is 1. The monoisotopic (exact) mass is 340 g/mol.